The molecular weight excluding hydrogens is 246 g/mol. The van der Waals surface area contributed by atoms with Crippen molar-refractivity contribution in [2.75, 3.05) is 29.7 Å². The van der Waals surface area contributed by atoms with Crippen molar-refractivity contribution in [2.45, 2.75) is 19.4 Å². The molecule has 4 N–H and O–H groups in total. The highest BCUT2D eigenvalue weighted by atomic mass is 32.2. The van der Waals surface area contributed by atoms with E-state index in [1.165, 1.54) is 0 Å². The van der Waals surface area contributed by atoms with Crippen molar-refractivity contribution < 1.29 is 4.79 Å². The van der Waals surface area contributed by atoms with Gasteiger partial charge >= 0.3 is 0 Å². The lowest BCUT2D eigenvalue weighted by Crippen LogP contribution is -2.30. The number of carbonyl (C=O) groups excluding carboxylic acids is 1. The zero-order valence-corrected chi connectivity index (χ0v) is 12.0. The normalized spacial score (nSPS) is 12.2. The molecule has 0 aliphatic rings. The summed E-state index contributed by atoms with van der Waals surface area (Å²) in [6.07, 6.45) is 3.16. The van der Waals surface area contributed by atoms with Gasteiger partial charge in [-0.15, -0.1) is 0 Å². The number of primary amides is 1. The summed E-state index contributed by atoms with van der Waals surface area (Å²) in [6.45, 7) is 2.15. The number of amides is 1. The van der Waals surface area contributed by atoms with Crippen LogP contribution >= 0.6 is 11.8 Å². The number of carbonyl (C=O) groups is 1. The second-order valence-corrected chi connectivity index (χ2v) is 5.36. The predicted molar refractivity (Wildman–Crippen MR) is 80.2 cm³/mol. The summed E-state index contributed by atoms with van der Waals surface area (Å²) >= 11 is 1.82. The highest BCUT2D eigenvalue weighted by Gasteiger charge is 2.14. The molecule has 1 rings (SSSR count). The molecule has 18 heavy (non-hydrogen) atoms. The van der Waals surface area contributed by atoms with E-state index in [-0.39, 0.29) is 0 Å². The summed E-state index contributed by atoms with van der Waals surface area (Å²) < 4.78 is 0. The van der Waals surface area contributed by atoms with Crippen LogP contribution in [-0.4, -0.2) is 31.0 Å². The largest absolute Gasteiger partial charge is 0.397 e. The Labute approximate surface area is 113 Å². The van der Waals surface area contributed by atoms with Gasteiger partial charge in [0, 0.05) is 18.7 Å². The number of anilines is 2. The Hall–Kier alpha value is -1.36. The van der Waals surface area contributed by atoms with E-state index in [1.54, 1.807) is 18.2 Å². The molecule has 0 saturated heterocycles. The lowest BCUT2D eigenvalue weighted by molar-refractivity contribution is 0.100. The van der Waals surface area contributed by atoms with Crippen LogP contribution in [0, 0.1) is 0 Å². The van der Waals surface area contributed by atoms with Crippen LogP contribution < -0.4 is 16.4 Å². The van der Waals surface area contributed by atoms with Crippen molar-refractivity contribution in [1.82, 2.24) is 0 Å². The molecule has 1 unspecified atom stereocenters. The van der Waals surface area contributed by atoms with Gasteiger partial charge in [-0.25, -0.2) is 0 Å². The van der Waals surface area contributed by atoms with Gasteiger partial charge in [-0.2, -0.15) is 11.8 Å². The molecule has 1 aromatic carbocycles. The fraction of sp³-hybridized carbons (Fsp3) is 0.462. The maximum atomic E-state index is 11.2. The van der Waals surface area contributed by atoms with E-state index in [9.17, 15) is 4.79 Å². The van der Waals surface area contributed by atoms with E-state index < -0.39 is 5.91 Å². The molecule has 0 radical (unpaired) electrons. The number of thioether (sulfide) groups is 1. The smallest absolute Gasteiger partial charge is 0.248 e. The molecule has 5 heteroatoms. The summed E-state index contributed by atoms with van der Waals surface area (Å²) in [5.41, 5.74) is 13.3. The molecule has 1 amide bonds. The minimum Gasteiger partial charge on any atom is -0.397 e. The standard InChI is InChI=1S/C13H21N3OS/c1-9(6-7-18-3)16(2)12-8-10(13(15)17)4-5-11(12)14/h4-5,8-9H,6-7,14H2,1-3H3,(H2,15,17). The van der Waals surface area contributed by atoms with Crippen molar-refractivity contribution in [3.05, 3.63) is 23.8 Å². The van der Waals surface area contributed by atoms with Crippen LogP contribution in [0.3, 0.4) is 0 Å². The van der Waals surface area contributed by atoms with Gasteiger partial charge < -0.3 is 16.4 Å². The quantitative estimate of drug-likeness (QED) is 0.773. The second kappa shape index (κ2) is 6.54. The Balaban J connectivity index is 2.93. The predicted octanol–water partition coefficient (Wildman–Crippen LogP) is 1.95. The van der Waals surface area contributed by atoms with Crippen molar-refractivity contribution in [2.24, 2.45) is 5.73 Å². The monoisotopic (exact) mass is 267 g/mol. The summed E-state index contributed by atoms with van der Waals surface area (Å²) in [5, 5.41) is 0. The van der Waals surface area contributed by atoms with Crippen LogP contribution in [0.4, 0.5) is 11.4 Å². The number of nitrogens with two attached hydrogens (primary N) is 2. The number of nitrogen functional groups attached to an aromatic ring is 1. The average molecular weight is 267 g/mol. The Kier molecular flexibility index (Phi) is 5.34. The van der Waals surface area contributed by atoms with Gasteiger partial charge in [-0.3, -0.25) is 4.79 Å². The van der Waals surface area contributed by atoms with Crippen molar-refractivity contribution in [1.29, 1.82) is 0 Å². The van der Waals surface area contributed by atoms with E-state index in [0.717, 1.165) is 17.9 Å². The third-order valence-electron chi connectivity index (χ3n) is 3.10. The maximum Gasteiger partial charge on any atom is 0.248 e. The number of benzene rings is 1. The Morgan fingerprint density at radius 2 is 2.17 bits per heavy atom. The fourth-order valence-corrected chi connectivity index (χ4v) is 2.30. The zero-order chi connectivity index (χ0) is 13.7. The molecule has 1 aromatic rings. The van der Waals surface area contributed by atoms with E-state index in [0.29, 0.717) is 17.3 Å². The van der Waals surface area contributed by atoms with Crippen LogP contribution in [0.5, 0.6) is 0 Å². The van der Waals surface area contributed by atoms with Crippen LogP contribution in [-0.2, 0) is 0 Å². The number of rotatable bonds is 6. The maximum absolute atomic E-state index is 11.2. The van der Waals surface area contributed by atoms with Crippen LogP contribution in [0.2, 0.25) is 0 Å². The lowest BCUT2D eigenvalue weighted by Gasteiger charge is -2.28. The lowest BCUT2D eigenvalue weighted by atomic mass is 10.1. The number of hydrogen-bond acceptors (Lipinski definition) is 4. The SMILES string of the molecule is CSCCC(C)N(C)c1cc(C(N)=O)ccc1N. The highest BCUT2D eigenvalue weighted by molar-refractivity contribution is 7.98. The summed E-state index contributed by atoms with van der Waals surface area (Å²) in [6, 6.07) is 5.50. The first-order chi connectivity index (χ1) is 8.47. The third-order valence-corrected chi connectivity index (χ3v) is 3.74. The molecule has 0 saturated carbocycles. The number of nitrogens with zero attached hydrogens (tertiary/aromatic N) is 1. The van der Waals surface area contributed by atoms with E-state index in [1.807, 2.05) is 18.8 Å². The first-order valence-corrected chi connectivity index (χ1v) is 7.27. The molecule has 100 valence electrons. The molecule has 0 aromatic heterocycles. The minimum atomic E-state index is -0.429. The van der Waals surface area contributed by atoms with Crippen molar-refractivity contribution in [3.8, 4) is 0 Å². The van der Waals surface area contributed by atoms with E-state index >= 15 is 0 Å². The van der Waals surface area contributed by atoms with Crippen LogP contribution in [0.25, 0.3) is 0 Å². The average Bonchev–Trinajstić information content (AvgIpc) is 2.35. The summed E-state index contributed by atoms with van der Waals surface area (Å²) in [7, 11) is 1.99. The van der Waals surface area contributed by atoms with Crippen molar-refractivity contribution in [3.63, 3.8) is 0 Å². The van der Waals surface area contributed by atoms with E-state index in [2.05, 4.69) is 18.1 Å². The Morgan fingerprint density at radius 1 is 1.50 bits per heavy atom. The van der Waals surface area contributed by atoms with Gasteiger partial charge in [0.2, 0.25) is 5.91 Å². The molecule has 1 atom stereocenters. The van der Waals surface area contributed by atoms with Gasteiger partial charge in [0.1, 0.15) is 0 Å². The summed E-state index contributed by atoms with van der Waals surface area (Å²) in [5.74, 6) is 0.669. The zero-order valence-electron chi connectivity index (χ0n) is 11.1. The van der Waals surface area contributed by atoms with Gasteiger partial charge in [0.15, 0.2) is 0 Å². The Bertz CT molecular complexity index is 423. The molecule has 0 aliphatic carbocycles. The first kappa shape index (κ1) is 14.7. The molecule has 0 aliphatic heterocycles. The molecule has 0 bridgehead atoms. The molecule has 0 spiro atoms. The van der Waals surface area contributed by atoms with Crippen molar-refractivity contribution >= 4 is 29.0 Å². The van der Waals surface area contributed by atoms with E-state index in [4.69, 9.17) is 11.5 Å². The first-order valence-electron chi connectivity index (χ1n) is 5.88. The fourth-order valence-electron chi connectivity index (χ4n) is 1.72. The van der Waals surface area contributed by atoms with Crippen LogP contribution in [0.15, 0.2) is 18.2 Å². The van der Waals surface area contributed by atoms with Gasteiger partial charge in [0.25, 0.3) is 0 Å². The minimum absolute atomic E-state index is 0.364. The molecule has 4 nitrogen and oxygen atoms in total. The Morgan fingerprint density at radius 3 is 2.72 bits per heavy atom. The summed E-state index contributed by atoms with van der Waals surface area (Å²) in [4.78, 5) is 13.3. The third kappa shape index (κ3) is 3.57. The molecule has 0 heterocycles. The molecular formula is C13H21N3OS. The van der Waals surface area contributed by atoms with Crippen LogP contribution in [0.1, 0.15) is 23.7 Å². The second-order valence-electron chi connectivity index (χ2n) is 4.38. The van der Waals surface area contributed by atoms with Gasteiger partial charge in [-0.05, 0) is 43.6 Å². The molecule has 0 fully saturated rings. The number of hydrogen-bond donors (Lipinski definition) is 2. The van der Waals surface area contributed by atoms with Gasteiger partial charge in [0.05, 0.1) is 11.4 Å². The topological polar surface area (TPSA) is 72.3 Å². The van der Waals surface area contributed by atoms with Gasteiger partial charge in [-0.1, -0.05) is 0 Å². The highest BCUT2D eigenvalue weighted by Crippen LogP contribution is 2.26.